The topological polar surface area (TPSA) is 64.8 Å². The maximum atomic E-state index is 12.1. The molecule has 2 N–H and O–H groups in total. The molecule has 1 aromatic carbocycles. The number of nitrogens with two attached hydrogens (primary N) is 1. The molecule has 5 heteroatoms. The Bertz CT molecular complexity index is 504. The molecule has 0 aliphatic carbocycles. The van der Waals surface area contributed by atoms with Gasteiger partial charge in [-0.1, -0.05) is 6.92 Å². The molecule has 0 bridgehead atoms. The van der Waals surface area contributed by atoms with Gasteiger partial charge in [0.2, 0.25) is 0 Å². The molecule has 2 unspecified atom stereocenters. The highest BCUT2D eigenvalue weighted by molar-refractivity contribution is 5.97. The quantitative estimate of drug-likeness (QED) is 0.681. The van der Waals surface area contributed by atoms with E-state index < -0.39 is 0 Å². The lowest BCUT2D eigenvalue weighted by atomic mass is 9.95. The zero-order valence-corrected chi connectivity index (χ0v) is 13.0. The van der Waals surface area contributed by atoms with Crippen LogP contribution in [0.5, 0.6) is 0 Å². The van der Waals surface area contributed by atoms with Gasteiger partial charge in [0.1, 0.15) is 0 Å². The Balaban J connectivity index is 2.28. The Morgan fingerprint density at radius 2 is 2.24 bits per heavy atom. The van der Waals surface area contributed by atoms with Crippen LogP contribution < -0.4 is 10.6 Å². The molecule has 1 saturated heterocycles. The van der Waals surface area contributed by atoms with Crippen molar-refractivity contribution in [2.45, 2.75) is 26.4 Å². The summed E-state index contributed by atoms with van der Waals surface area (Å²) in [5, 5.41) is 0. The third-order valence-corrected chi connectivity index (χ3v) is 4.05. The smallest absolute Gasteiger partial charge is 0.340 e. The Kier molecular flexibility index (Phi) is 5.07. The van der Waals surface area contributed by atoms with Gasteiger partial charge in [-0.15, -0.1) is 0 Å². The molecule has 5 nitrogen and oxygen atoms in total. The number of esters is 1. The number of methoxy groups -OCH3 is 1. The zero-order chi connectivity index (χ0) is 15.4. The van der Waals surface area contributed by atoms with E-state index in [-0.39, 0.29) is 12.1 Å². The van der Waals surface area contributed by atoms with Crippen LogP contribution in [0, 0.1) is 5.92 Å². The van der Waals surface area contributed by atoms with E-state index in [4.69, 9.17) is 15.2 Å². The van der Waals surface area contributed by atoms with Crippen molar-refractivity contribution in [3.8, 4) is 0 Å². The Labute approximate surface area is 126 Å². The van der Waals surface area contributed by atoms with E-state index in [2.05, 4.69) is 11.8 Å². The van der Waals surface area contributed by atoms with Gasteiger partial charge in [-0.3, -0.25) is 0 Å². The lowest BCUT2D eigenvalue weighted by Gasteiger charge is -2.38. The van der Waals surface area contributed by atoms with Crippen molar-refractivity contribution >= 4 is 17.3 Å². The number of carbonyl (C=O) groups excluding carboxylic acids is 1. The fourth-order valence-corrected chi connectivity index (χ4v) is 2.76. The van der Waals surface area contributed by atoms with Gasteiger partial charge in [-0.05, 0) is 37.5 Å². The van der Waals surface area contributed by atoms with Crippen molar-refractivity contribution < 1.29 is 14.3 Å². The number of hydrogen-bond acceptors (Lipinski definition) is 5. The maximum Gasteiger partial charge on any atom is 0.340 e. The molecular formula is C16H24N2O3. The summed E-state index contributed by atoms with van der Waals surface area (Å²) in [4.78, 5) is 14.3. The zero-order valence-electron chi connectivity index (χ0n) is 13.0. The molecule has 1 aliphatic heterocycles. The van der Waals surface area contributed by atoms with Crippen LogP contribution in [0.15, 0.2) is 18.2 Å². The molecule has 2 rings (SSSR count). The molecular weight excluding hydrogens is 268 g/mol. The molecule has 1 heterocycles. The van der Waals surface area contributed by atoms with Gasteiger partial charge in [-0.2, -0.15) is 0 Å². The lowest BCUT2D eigenvalue weighted by molar-refractivity contribution is 0.0486. The number of nitrogens with zero attached hydrogens (tertiary/aromatic N) is 1. The van der Waals surface area contributed by atoms with Crippen LogP contribution in [0.3, 0.4) is 0 Å². The van der Waals surface area contributed by atoms with Crippen molar-refractivity contribution in [1.82, 2.24) is 0 Å². The lowest BCUT2D eigenvalue weighted by Crippen LogP contribution is -2.44. The maximum absolute atomic E-state index is 12.1. The molecule has 0 aromatic heterocycles. The summed E-state index contributed by atoms with van der Waals surface area (Å²) in [6.07, 6.45) is 1.21. The van der Waals surface area contributed by atoms with Gasteiger partial charge in [0.15, 0.2) is 0 Å². The van der Waals surface area contributed by atoms with Crippen molar-refractivity contribution in [3.05, 3.63) is 23.8 Å². The summed E-state index contributed by atoms with van der Waals surface area (Å²) < 4.78 is 10.7. The summed E-state index contributed by atoms with van der Waals surface area (Å²) in [7, 11) is 1.74. The molecule has 0 amide bonds. The Hall–Kier alpha value is -1.75. The van der Waals surface area contributed by atoms with Gasteiger partial charge in [0.05, 0.1) is 24.0 Å². The van der Waals surface area contributed by atoms with Gasteiger partial charge in [-0.25, -0.2) is 4.79 Å². The van der Waals surface area contributed by atoms with E-state index in [0.717, 1.165) is 25.2 Å². The van der Waals surface area contributed by atoms with Crippen LogP contribution in [0.4, 0.5) is 11.4 Å². The van der Waals surface area contributed by atoms with Gasteiger partial charge < -0.3 is 20.1 Å². The van der Waals surface area contributed by atoms with Crippen LogP contribution in [0.25, 0.3) is 0 Å². The monoisotopic (exact) mass is 292 g/mol. The van der Waals surface area contributed by atoms with E-state index in [1.54, 1.807) is 20.1 Å². The average Bonchev–Trinajstić information content (AvgIpc) is 2.48. The summed E-state index contributed by atoms with van der Waals surface area (Å²) in [6, 6.07) is 5.40. The molecule has 2 atom stereocenters. The van der Waals surface area contributed by atoms with E-state index in [9.17, 15) is 4.79 Å². The number of carbonyl (C=O) groups is 1. The number of benzene rings is 1. The minimum absolute atomic E-state index is 0.173. The van der Waals surface area contributed by atoms with Crippen molar-refractivity contribution in [2.24, 2.45) is 5.92 Å². The highest BCUT2D eigenvalue weighted by Gasteiger charge is 2.28. The SMILES string of the molecule is CCOC(=O)c1cc(N)ccc1N1CCC(C)C(OC)C1. The third-order valence-electron chi connectivity index (χ3n) is 4.05. The fourth-order valence-electron chi connectivity index (χ4n) is 2.76. The molecule has 1 aliphatic rings. The molecule has 1 aromatic rings. The van der Waals surface area contributed by atoms with Gasteiger partial charge in [0.25, 0.3) is 0 Å². The van der Waals surface area contributed by atoms with Crippen LogP contribution in [-0.4, -0.2) is 38.9 Å². The average molecular weight is 292 g/mol. The number of hydrogen-bond donors (Lipinski definition) is 1. The molecule has 116 valence electrons. The predicted octanol–water partition coefficient (Wildman–Crippen LogP) is 2.31. The Morgan fingerprint density at radius 3 is 2.90 bits per heavy atom. The second-order valence-corrected chi connectivity index (χ2v) is 5.48. The van der Waals surface area contributed by atoms with Crippen molar-refractivity contribution in [1.29, 1.82) is 0 Å². The number of rotatable bonds is 4. The highest BCUT2D eigenvalue weighted by atomic mass is 16.5. The van der Waals surface area contributed by atoms with E-state index >= 15 is 0 Å². The number of piperidine rings is 1. The van der Waals surface area contributed by atoms with E-state index in [1.165, 1.54) is 0 Å². The molecule has 0 radical (unpaired) electrons. The number of nitrogen functional groups attached to an aromatic ring is 1. The summed E-state index contributed by atoms with van der Waals surface area (Å²) in [5.41, 5.74) is 7.78. The summed E-state index contributed by atoms with van der Waals surface area (Å²) in [6.45, 7) is 6.02. The first-order valence-electron chi connectivity index (χ1n) is 7.41. The number of anilines is 2. The highest BCUT2D eigenvalue weighted by Crippen LogP contribution is 2.29. The first kappa shape index (κ1) is 15.6. The molecule has 1 fully saturated rings. The minimum Gasteiger partial charge on any atom is -0.462 e. The molecule has 21 heavy (non-hydrogen) atoms. The normalized spacial score (nSPS) is 22.1. The summed E-state index contributed by atoms with van der Waals surface area (Å²) in [5.74, 6) is 0.193. The van der Waals surface area contributed by atoms with Crippen molar-refractivity contribution in [2.75, 3.05) is 37.4 Å². The van der Waals surface area contributed by atoms with E-state index in [1.807, 2.05) is 12.1 Å². The minimum atomic E-state index is -0.326. The largest absolute Gasteiger partial charge is 0.462 e. The molecule has 0 saturated carbocycles. The third kappa shape index (κ3) is 3.47. The van der Waals surface area contributed by atoms with E-state index in [0.29, 0.717) is 23.8 Å². The Morgan fingerprint density at radius 1 is 1.48 bits per heavy atom. The van der Waals surface area contributed by atoms with Crippen LogP contribution in [0.2, 0.25) is 0 Å². The standard InChI is InChI=1S/C16H24N2O3/c1-4-21-16(19)13-9-12(17)5-6-14(13)18-8-7-11(2)15(10-18)20-3/h5-6,9,11,15H,4,7-8,10,17H2,1-3H3. The van der Waals surface area contributed by atoms with Crippen LogP contribution in [0.1, 0.15) is 30.6 Å². The first-order chi connectivity index (χ1) is 10.1. The molecule has 0 spiro atoms. The fraction of sp³-hybridized carbons (Fsp3) is 0.562. The predicted molar refractivity (Wildman–Crippen MR) is 83.6 cm³/mol. The summed E-state index contributed by atoms with van der Waals surface area (Å²) >= 11 is 0. The van der Waals surface area contributed by atoms with Crippen LogP contribution in [-0.2, 0) is 9.47 Å². The van der Waals surface area contributed by atoms with Crippen molar-refractivity contribution in [3.63, 3.8) is 0 Å². The number of ether oxygens (including phenoxy) is 2. The second kappa shape index (κ2) is 6.80. The van der Waals surface area contributed by atoms with Gasteiger partial charge >= 0.3 is 5.97 Å². The van der Waals surface area contributed by atoms with Crippen LogP contribution >= 0.6 is 0 Å². The second-order valence-electron chi connectivity index (χ2n) is 5.48. The van der Waals surface area contributed by atoms with Gasteiger partial charge in [0, 0.05) is 25.9 Å². The first-order valence-corrected chi connectivity index (χ1v) is 7.41.